The van der Waals surface area contributed by atoms with Crippen LogP contribution in [0.2, 0.25) is 0 Å². The van der Waals surface area contributed by atoms with Gasteiger partial charge in [-0.1, -0.05) is 12.1 Å². The fourth-order valence-corrected chi connectivity index (χ4v) is 3.28. The van der Waals surface area contributed by atoms with E-state index < -0.39 is 0 Å². The molecule has 0 atom stereocenters. The first-order chi connectivity index (χ1) is 13.8. The van der Waals surface area contributed by atoms with Gasteiger partial charge in [0.05, 0.1) is 19.8 Å². The molecule has 2 heterocycles. The molecule has 1 N–H and O–H groups in total. The topological polar surface area (TPSA) is 70.4 Å². The summed E-state index contributed by atoms with van der Waals surface area (Å²) in [4.78, 5) is 6.94. The van der Waals surface area contributed by atoms with E-state index in [0.29, 0.717) is 25.2 Å². The Hall–Kier alpha value is -2.78. The van der Waals surface area contributed by atoms with Gasteiger partial charge in [-0.3, -0.25) is 0 Å². The normalized spacial score (nSPS) is 13.4. The third-order valence-corrected chi connectivity index (χ3v) is 4.82. The Morgan fingerprint density at radius 1 is 1.11 bits per heavy atom. The van der Waals surface area contributed by atoms with Crippen molar-refractivity contribution in [3.05, 3.63) is 47.7 Å². The zero-order valence-corrected chi connectivity index (χ0v) is 16.5. The summed E-state index contributed by atoms with van der Waals surface area (Å²) < 4.78 is 11.1. The van der Waals surface area contributed by atoms with Crippen molar-refractivity contribution in [2.75, 3.05) is 31.7 Å². The van der Waals surface area contributed by atoms with Gasteiger partial charge in [-0.2, -0.15) is 5.26 Å². The Balaban J connectivity index is 1.50. The van der Waals surface area contributed by atoms with E-state index >= 15 is 0 Å². The summed E-state index contributed by atoms with van der Waals surface area (Å²) in [6.07, 6.45) is 5.68. The van der Waals surface area contributed by atoms with Crippen LogP contribution in [0.25, 0.3) is 0 Å². The quantitative estimate of drug-likeness (QED) is 0.634. The van der Waals surface area contributed by atoms with Gasteiger partial charge in [-0.25, -0.2) is 4.98 Å². The average Bonchev–Trinajstić information content (AvgIpc) is 3.27. The summed E-state index contributed by atoms with van der Waals surface area (Å²) in [6.45, 7) is 4.23. The van der Waals surface area contributed by atoms with E-state index in [0.717, 1.165) is 43.3 Å². The Morgan fingerprint density at radius 2 is 1.89 bits per heavy atom. The molecule has 1 saturated heterocycles. The van der Waals surface area contributed by atoms with Gasteiger partial charge in [0.2, 0.25) is 0 Å². The number of nitriles is 1. The molecule has 0 saturated carbocycles. The lowest BCUT2D eigenvalue weighted by atomic mass is 10.2. The summed E-state index contributed by atoms with van der Waals surface area (Å²) in [5.41, 5.74) is 2.29. The number of benzene rings is 1. The van der Waals surface area contributed by atoms with Crippen LogP contribution in [0.1, 0.15) is 36.8 Å². The minimum absolute atomic E-state index is 0.494. The van der Waals surface area contributed by atoms with Gasteiger partial charge in [0.15, 0.2) is 11.5 Å². The molecule has 1 aliphatic rings. The van der Waals surface area contributed by atoms with Crippen molar-refractivity contribution >= 4 is 5.82 Å². The first kappa shape index (κ1) is 20.0. The lowest BCUT2D eigenvalue weighted by Gasteiger charge is -2.16. The van der Waals surface area contributed by atoms with Gasteiger partial charge < -0.3 is 19.7 Å². The van der Waals surface area contributed by atoms with Crippen molar-refractivity contribution in [3.8, 4) is 17.6 Å². The second-order valence-corrected chi connectivity index (χ2v) is 6.92. The molecule has 0 radical (unpaired) electrons. The first-order valence-electron chi connectivity index (χ1n) is 9.87. The molecule has 3 rings (SSSR count). The zero-order valence-electron chi connectivity index (χ0n) is 16.5. The summed E-state index contributed by atoms with van der Waals surface area (Å²) in [5, 5.41) is 12.1. The molecule has 28 heavy (non-hydrogen) atoms. The second kappa shape index (κ2) is 10.5. The smallest absolute Gasteiger partial charge is 0.161 e. The summed E-state index contributed by atoms with van der Waals surface area (Å²) in [5.74, 6) is 2.51. The van der Waals surface area contributed by atoms with Gasteiger partial charge in [-0.15, -0.1) is 0 Å². The molecule has 1 aliphatic heterocycles. The van der Waals surface area contributed by atoms with E-state index in [9.17, 15) is 0 Å². The van der Waals surface area contributed by atoms with Crippen LogP contribution in [0.3, 0.4) is 0 Å². The summed E-state index contributed by atoms with van der Waals surface area (Å²) in [6, 6.07) is 12.3. The van der Waals surface area contributed by atoms with Crippen LogP contribution in [0.4, 0.5) is 5.82 Å². The number of rotatable bonds is 10. The number of hydrogen-bond acceptors (Lipinski definition) is 6. The number of ether oxygens (including phenoxy) is 2. The van der Waals surface area contributed by atoms with E-state index in [-0.39, 0.29) is 0 Å². The molecule has 6 heteroatoms. The maximum absolute atomic E-state index is 8.62. The van der Waals surface area contributed by atoms with E-state index in [4.69, 9.17) is 14.7 Å². The molecule has 1 fully saturated rings. The first-order valence-corrected chi connectivity index (χ1v) is 9.87. The third-order valence-electron chi connectivity index (χ3n) is 4.82. The van der Waals surface area contributed by atoms with E-state index in [1.165, 1.54) is 18.4 Å². The lowest BCUT2D eigenvalue weighted by molar-refractivity contribution is 0.290. The Kier molecular flexibility index (Phi) is 7.51. The highest BCUT2D eigenvalue weighted by molar-refractivity contribution is 5.43. The molecule has 6 nitrogen and oxygen atoms in total. The molecule has 0 unspecified atom stereocenters. The molecule has 0 spiro atoms. The lowest BCUT2D eigenvalue weighted by Crippen LogP contribution is -2.19. The van der Waals surface area contributed by atoms with Crippen LogP contribution in [0, 0.1) is 11.3 Å². The van der Waals surface area contributed by atoms with E-state index in [1.807, 2.05) is 24.4 Å². The van der Waals surface area contributed by atoms with Crippen LogP contribution in [0.15, 0.2) is 36.5 Å². The van der Waals surface area contributed by atoms with Crippen molar-refractivity contribution in [2.45, 2.75) is 38.8 Å². The van der Waals surface area contributed by atoms with Crippen molar-refractivity contribution < 1.29 is 9.47 Å². The number of nitrogens with one attached hydrogen (secondary N) is 1. The number of aromatic nitrogens is 1. The SMILES string of the molecule is COc1ccc(CNCc2ccc(N3CCCC3)nc2)cc1OCCCC#N. The molecule has 1 aromatic carbocycles. The van der Waals surface area contributed by atoms with Gasteiger partial charge >= 0.3 is 0 Å². The fourth-order valence-electron chi connectivity index (χ4n) is 3.28. The van der Waals surface area contributed by atoms with Crippen molar-refractivity contribution in [1.29, 1.82) is 5.26 Å². The molecule has 148 valence electrons. The molecule has 0 aliphatic carbocycles. The highest BCUT2D eigenvalue weighted by atomic mass is 16.5. The number of methoxy groups -OCH3 is 1. The standard InChI is InChI=1S/C22H28N4O2/c1-27-20-8-6-18(14-21(20)28-13-5-2-10-23)15-24-16-19-7-9-22(25-17-19)26-11-3-4-12-26/h6-9,14,17,24H,2-5,11-13,15-16H2,1H3. The maximum Gasteiger partial charge on any atom is 0.161 e. The number of unbranched alkanes of at least 4 members (excludes halogenated alkanes) is 1. The molecular weight excluding hydrogens is 352 g/mol. The van der Waals surface area contributed by atoms with Crippen LogP contribution < -0.4 is 19.7 Å². The van der Waals surface area contributed by atoms with Gasteiger partial charge in [-0.05, 0) is 48.6 Å². The monoisotopic (exact) mass is 380 g/mol. The van der Waals surface area contributed by atoms with Crippen LogP contribution >= 0.6 is 0 Å². The number of nitrogens with zero attached hydrogens (tertiary/aromatic N) is 3. The zero-order chi connectivity index (χ0) is 19.6. The summed E-state index contributed by atoms with van der Waals surface area (Å²) in [7, 11) is 1.63. The highest BCUT2D eigenvalue weighted by Gasteiger charge is 2.13. The largest absolute Gasteiger partial charge is 0.493 e. The van der Waals surface area contributed by atoms with Crippen LogP contribution in [0.5, 0.6) is 11.5 Å². The molecule has 2 aromatic rings. The second-order valence-electron chi connectivity index (χ2n) is 6.92. The minimum Gasteiger partial charge on any atom is -0.493 e. The van der Waals surface area contributed by atoms with Gasteiger partial charge in [0, 0.05) is 38.8 Å². The Bertz CT molecular complexity index is 780. The third kappa shape index (κ3) is 5.61. The molecule has 1 aromatic heterocycles. The Morgan fingerprint density at radius 3 is 2.61 bits per heavy atom. The molecule has 0 bridgehead atoms. The summed E-state index contributed by atoms with van der Waals surface area (Å²) >= 11 is 0. The predicted octanol–water partition coefficient (Wildman–Crippen LogP) is 3.66. The van der Waals surface area contributed by atoms with Gasteiger partial charge in [0.25, 0.3) is 0 Å². The highest BCUT2D eigenvalue weighted by Crippen LogP contribution is 2.28. The fraction of sp³-hybridized carbons (Fsp3) is 0.455. The number of anilines is 1. The van der Waals surface area contributed by atoms with Crippen LogP contribution in [-0.4, -0.2) is 31.8 Å². The number of hydrogen-bond donors (Lipinski definition) is 1. The van der Waals surface area contributed by atoms with Crippen molar-refractivity contribution in [2.24, 2.45) is 0 Å². The van der Waals surface area contributed by atoms with E-state index in [1.54, 1.807) is 7.11 Å². The average molecular weight is 380 g/mol. The maximum atomic E-state index is 8.62. The number of pyridine rings is 1. The van der Waals surface area contributed by atoms with E-state index in [2.05, 4.69) is 33.4 Å². The predicted molar refractivity (Wildman–Crippen MR) is 110 cm³/mol. The Labute approximate surface area is 167 Å². The van der Waals surface area contributed by atoms with Crippen molar-refractivity contribution in [1.82, 2.24) is 10.3 Å². The van der Waals surface area contributed by atoms with Crippen molar-refractivity contribution in [3.63, 3.8) is 0 Å². The van der Waals surface area contributed by atoms with Crippen LogP contribution in [-0.2, 0) is 13.1 Å². The minimum atomic E-state index is 0.494. The van der Waals surface area contributed by atoms with Gasteiger partial charge in [0.1, 0.15) is 5.82 Å². The molecular formula is C22H28N4O2. The molecule has 0 amide bonds.